The molecule has 16 heavy (non-hydrogen) atoms. The lowest BCUT2D eigenvalue weighted by Crippen LogP contribution is -2.00. The highest BCUT2D eigenvalue weighted by Gasteiger charge is 2.07. The molecule has 0 saturated heterocycles. The molecule has 0 amide bonds. The van der Waals surface area contributed by atoms with Gasteiger partial charge in [0.1, 0.15) is 12.4 Å². The fourth-order valence-corrected chi connectivity index (χ4v) is 1.78. The molecule has 0 atom stereocenters. The van der Waals surface area contributed by atoms with Gasteiger partial charge in [-0.05, 0) is 29.7 Å². The van der Waals surface area contributed by atoms with Gasteiger partial charge in [0.05, 0.1) is 0 Å². The first-order valence-corrected chi connectivity index (χ1v) is 6.21. The van der Waals surface area contributed by atoms with Gasteiger partial charge in [-0.3, -0.25) is 0 Å². The SMILES string of the molecule is CC(C)c1cc(Br)ccc1OC/C=C/CN. The van der Waals surface area contributed by atoms with Crippen LogP contribution in [-0.2, 0) is 0 Å². The third-order valence-electron chi connectivity index (χ3n) is 2.23. The Balaban J connectivity index is 2.74. The van der Waals surface area contributed by atoms with E-state index >= 15 is 0 Å². The summed E-state index contributed by atoms with van der Waals surface area (Å²) < 4.78 is 6.78. The monoisotopic (exact) mass is 283 g/mol. The van der Waals surface area contributed by atoms with Crippen LogP contribution in [-0.4, -0.2) is 13.2 Å². The molecular weight excluding hydrogens is 266 g/mol. The summed E-state index contributed by atoms with van der Waals surface area (Å²) in [6, 6.07) is 6.09. The van der Waals surface area contributed by atoms with Crippen molar-refractivity contribution in [2.45, 2.75) is 19.8 Å². The van der Waals surface area contributed by atoms with Crippen LogP contribution in [0.4, 0.5) is 0 Å². The lowest BCUT2D eigenvalue weighted by molar-refractivity contribution is 0.357. The van der Waals surface area contributed by atoms with Crippen molar-refractivity contribution in [1.29, 1.82) is 0 Å². The predicted octanol–water partition coefficient (Wildman–Crippen LogP) is 3.47. The van der Waals surface area contributed by atoms with E-state index in [4.69, 9.17) is 10.5 Å². The zero-order valence-corrected chi connectivity index (χ0v) is 11.3. The molecule has 0 aliphatic carbocycles. The molecule has 0 fully saturated rings. The number of rotatable bonds is 5. The van der Waals surface area contributed by atoms with Crippen LogP contribution in [0.5, 0.6) is 5.75 Å². The van der Waals surface area contributed by atoms with Crippen LogP contribution < -0.4 is 10.5 Å². The minimum absolute atomic E-state index is 0.450. The highest BCUT2D eigenvalue weighted by atomic mass is 79.9. The summed E-state index contributed by atoms with van der Waals surface area (Å²) in [4.78, 5) is 0. The van der Waals surface area contributed by atoms with Gasteiger partial charge < -0.3 is 10.5 Å². The Morgan fingerprint density at radius 1 is 1.38 bits per heavy atom. The van der Waals surface area contributed by atoms with E-state index in [1.807, 2.05) is 24.3 Å². The van der Waals surface area contributed by atoms with Crippen LogP contribution in [0.2, 0.25) is 0 Å². The largest absolute Gasteiger partial charge is 0.489 e. The Kier molecular flexibility index (Phi) is 5.56. The molecule has 0 aliphatic heterocycles. The minimum atomic E-state index is 0.450. The zero-order chi connectivity index (χ0) is 12.0. The second-order valence-corrected chi connectivity index (χ2v) is 4.77. The molecule has 0 unspecified atom stereocenters. The number of nitrogens with two attached hydrogens (primary N) is 1. The average molecular weight is 284 g/mol. The third-order valence-corrected chi connectivity index (χ3v) is 2.72. The number of benzene rings is 1. The number of hydrogen-bond donors (Lipinski definition) is 1. The van der Waals surface area contributed by atoms with E-state index in [1.54, 1.807) is 0 Å². The van der Waals surface area contributed by atoms with Gasteiger partial charge in [0.2, 0.25) is 0 Å². The molecule has 88 valence electrons. The van der Waals surface area contributed by atoms with Crippen LogP contribution in [0.1, 0.15) is 25.3 Å². The molecule has 1 aromatic rings. The van der Waals surface area contributed by atoms with E-state index < -0.39 is 0 Å². The Bertz CT molecular complexity index is 361. The summed E-state index contributed by atoms with van der Waals surface area (Å²) in [6.07, 6.45) is 3.83. The fourth-order valence-electron chi connectivity index (χ4n) is 1.40. The lowest BCUT2D eigenvalue weighted by atomic mass is 10.0. The zero-order valence-electron chi connectivity index (χ0n) is 9.74. The van der Waals surface area contributed by atoms with Gasteiger partial charge in [-0.25, -0.2) is 0 Å². The van der Waals surface area contributed by atoms with E-state index in [1.165, 1.54) is 5.56 Å². The van der Waals surface area contributed by atoms with E-state index in [2.05, 4.69) is 35.8 Å². The second-order valence-electron chi connectivity index (χ2n) is 3.85. The van der Waals surface area contributed by atoms with Crippen LogP contribution in [0, 0.1) is 0 Å². The Morgan fingerprint density at radius 3 is 2.75 bits per heavy atom. The summed E-state index contributed by atoms with van der Waals surface area (Å²) in [7, 11) is 0. The maximum Gasteiger partial charge on any atom is 0.123 e. The molecular formula is C13H18BrNO. The Morgan fingerprint density at radius 2 is 2.12 bits per heavy atom. The van der Waals surface area contributed by atoms with Crippen molar-refractivity contribution in [3.05, 3.63) is 40.4 Å². The molecule has 0 heterocycles. The van der Waals surface area contributed by atoms with E-state index in [-0.39, 0.29) is 0 Å². The quantitative estimate of drug-likeness (QED) is 0.840. The molecule has 0 bridgehead atoms. The van der Waals surface area contributed by atoms with Gasteiger partial charge in [-0.15, -0.1) is 0 Å². The Hall–Kier alpha value is -0.800. The molecule has 0 aliphatic rings. The first kappa shape index (κ1) is 13.3. The molecule has 0 radical (unpaired) electrons. The van der Waals surface area contributed by atoms with E-state index in [9.17, 15) is 0 Å². The maximum absolute atomic E-state index is 5.69. The summed E-state index contributed by atoms with van der Waals surface area (Å²) in [6.45, 7) is 5.44. The van der Waals surface area contributed by atoms with Crippen molar-refractivity contribution in [3.63, 3.8) is 0 Å². The minimum Gasteiger partial charge on any atom is -0.489 e. The van der Waals surface area contributed by atoms with Crippen LogP contribution in [0.3, 0.4) is 0 Å². The highest BCUT2D eigenvalue weighted by molar-refractivity contribution is 9.10. The van der Waals surface area contributed by atoms with Crippen molar-refractivity contribution in [2.75, 3.05) is 13.2 Å². The van der Waals surface area contributed by atoms with E-state index in [0.717, 1.165) is 10.2 Å². The summed E-state index contributed by atoms with van der Waals surface area (Å²) in [5.41, 5.74) is 6.58. The third kappa shape index (κ3) is 3.99. The fraction of sp³-hybridized carbons (Fsp3) is 0.385. The molecule has 0 aromatic heterocycles. The van der Waals surface area contributed by atoms with Crippen molar-refractivity contribution >= 4 is 15.9 Å². The topological polar surface area (TPSA) is 35.2 Å². The maximum atomic E-state index is 5.69. The standard InChI is InChI=1S/C13H18BrNO/c1-10(2)12-9-11(14)5-6-13(12)16-8-4-3-7-15/h3-6,9-10H,7-8,15H2,1-2H3/b4-3+. The first-order chi connectivity index (χ1) is 7.65. The van der Waals surface area contributed by atoms with Gasteiger partial charge in [0, 0.05) is 11.0 Å². The van der Waals surface area contributed by atoms with Crippen LogP contribution in [0.25, 0.3) is 0 Å². The van der Waals surface area contributed by atoms with Gasteiger partial charge >= 0.3 is 0 Å². The molecule has 0 saturated carbocycles. The number of hydrogen-bond acceptors (Lipinski definition) is 2. The molecule has 2 N–H and O–H groups in total. The van der Waals surface area contributed by atoms with Crippen molar-refractivity contribution in [2.24, 2.45) is 5.73 Å². The number of halogens is 1. The second kappa shape index (κ2) is 6.71. The van der Waals surface area contributed by atoms with E-state index in [0.29, 0.717) is 19.1 Å². The summed E-state index contributed by atoms with van der Waals surface area (Å²) in [5, 5.41) is 0. The van der Waals surface area contributed by atoms with Gasteiger partial charge in [-0.1, -0.05) is 41.9 Å². The van der Waals surface area contributed by atoms with Crippen LogP contribution >= 0.6 is 15.9 Å². The van der Waals surface area contributed by atoms with Crippen molar-refractivity contribution < 1.29 is 4.74 Å². The number of ether oxygens (including phenoxy) is 1. The summed E-state index contributed by atoms with van der Waals surface area (Å²) in [5.74, 6) is 1.39. The smallest absolute Gasteiger partial charge is 0.123 e. The lowest BCUT2D eigenvalue weighted by Gasteiger charge is -2.13. The van der Waals surface area contributed by atoms with Gasteiger partial charge in [0.15, 0.2) is 0 Å². The molecule has 2 nitrogen and oxygen atoms in total. The predicted molar refractivity (Wildman–Crippen MR) is 71.9 cm³/mol. The van der Waals surface area contributed by atoms with Crippen molar-refractivity contribution in [3.8, 4) is 5.75 Å². The highest BCUT2D eigenvalue weighted by Crippen LogP contribution is 2.29. The first-order valence-electron chi connectivity index (χ1n) is 5.42. The Labute approximate surface area is 106 Å². The molecule has 0 spiro atoms. The summed E-state index contributed by atoms with van der Waals surface area (Å²) >= 11 is 3.47. The van der Waals surface area contributed by atoms with Crippen LogP contribution in [0.15, 0.2) is 34.8 Å². The molecule has 1 aromatic carbocycles. The molecule has 1 rings (SSSR count). The average Bonchev–Trinajstić information content (AvgIpc) is 2.26. The normalized spacial score (nSPS) is 11.3. The van der Waals surface area contributed by atoms with Gasteiger partial charge in [0.25, 0.3) is 0 Å². The van der Waals surface area contributed by atoms with Gasteiger partial charge in [-0.2, -0.15) is 0 Å². The molecule has 3 heteroatoms. The van der Waals surface area contributed by atoms with Crippen molar-refractivity contribution in [1.82, 2.24) is 0 Å².